The molecule has 2 aromatic heterocycles. The zero-order valence-corrected chi connectivity index (χ0v) is 10.7. The van der Waals surface area contributed by atoms with Crippen molar-refractivity contribution in [3.63, 3.8) is 0 Å². The zero-order valence-electron chi connectivity index (χ0n) is 10.7. The quantitative estimate of drug-likeness (QED) is 0.892. The molecular weight excluding hydrogens is 224 g/mol. The zero-order chi connectivity index (χ0) is 13.0. The minimum absolute atomic E-state index is 0.0231. The second-order valence-corrected chi connectivity index (χ2v) is 4.42. The molecular formula is C14H18N4. The molecule has 0 aliphatic rings. The standard InChI is InChI=1S/C14H18N4/c1-11(15)13-6-4-8-17-14(13)18(2)10-12-5-3-7-16-9-12/h3-9,11H,10,15H2,1-2H3/t11-/m0/s1. The van der Waals surface area contributed by atoms with Crippen molar-refractivity contribution in [1.29, 1.82) is 0 Å². The topological polar surface area (TPSA) is 55.0 Å². The Labute approximate surface area is 107 Å². The Morgan fingerprint density at radius 1 is 1.28 bits per heavy atom. The SMILES string of the molecule is C[C@H](N)c1cccnc1N(C)Cc1cccnc1. The van der Waals surface area contributed by atoms with Crippen LogP contribution in [0.3, 0.4) is 0 Å². The van der Waals surface area contributed by atoms with Gasteiger partial charge in [0.05, 0.1) is 0 Å². The van der Waals surface area contributed by atoms with E-state index in [1.165, 1.54) is 0 Å². The summed E-state index contributed by atoms with van der Waals surface area (Å²) >= 11 is 0. The van der Waals surface area contributed by atoms with Gasteiger partial charge in [0.2, 0.25) is 0 Å². The van der Waals surface area contributed by atoms with Crippen molar-refractivity contribution in [2.45, 2.75) is 19.5 Å². The number of hydrogen-bond acceptors (Lipinski definition) is 4. The fourth-order valence-corrected chi connectivity index (χ4v) is 1.92. The first-order chi connectivity index (χ1) is 8.68. The Balaban J connectivity index is 2.21. The van der Waals surface area contributed by atoms with Crippen molar-refractivity contribution in [2.24, 2.45) is 5.73 Å². The van der Waals surface area contributed by atoms with Crippen LogP contribution in [-0.2, 0) is 6.54 Å². The van der Waals surface area contributed by atoms with Crippen LogP contribution in [0.15, 0.2) is 42.9 Å². The summed E-state index contributed by atoms with van der Waals surface area (Å²) in [7, 11) is 2.02. The summed E-state index contributed by atoms with van der Waals surface area (Å²) < 4.78 is 0. The molecule has 2 N–H and O–H groups in total. The minimum Gasteiger partial charge on any atom is -0.355 e. The molecule has 0 saturated carbocycles. The molecule has 94 valence electrons. The predicted octanol–water partition coefficient (Wildman–Crippen LogP) is 2.13. The first-order valence-corrected chi connectivity index (χ1v) is 5.99. The molecule has 0 fully saturated rings. The van der Waals surface area contributed by atoms with Gasteiger partial charge in [-0.15, -0.1) is 0 Å². The van der Waals surface area contributed by atoms with E-state index in [0.29, 0.717) is 0 Å². The van der Waals surface area contributed by atoms with E-state index >= 15 is 0 Å². The lowest BCUT2D eigenvalue weighted by atomic mass is 10.1. The number of nitrogens with zero attached hydrogens (tertiary/aromatic N) is 3. The molecule has 0 unspecified atom stereocenters. The molecule has 0 saturated heterocycles. The average molecular weight is 242 g/mol. The van der Waals surface area contributed by atoms with Crippen LogP contribution in [0.4, 0.5) is 5.82 Å². The second kappa shape index (κ2) is 5.60. The van der Waals surface area contributed by atoms with E-state index in [2.05, 4.69) is 20.9 Å². The highest BCUT2D eigenvalue weighted by Gasteiger charge is 2.11. The number of pyridine rings is 2. The lowest BCUT2D eigenvalue weighted by molar-refractivity contribution is 0.788. The molecule has 18 heavy (non-hydrogen) atoms. The van der Waals surface area contributed by atoms with Crippen LogP contribution >= 0.6 is 0 Å². The van der Waals surface area contributed by atoms with Crippen LogP contribution in [0.5, 0.6) is 0 Å². The molecule has 0 spiro atoms. The Kier molecular flexibility index (Phi) is 3.89. The van der Waals surface area contributed by atoms with Gasteiger partial charge >= 0.3 is 0 Å². The second-order valence-electron chi connectivity index (χ2n) is 4.42. The summed E-state index contributed by atoms with van der Waals surface area (Å²) in [5.41, 5.74) is 8.18. The molecule has 1 atom stereocenters. The monoisotopic (exact) mass is 242 g/mol. The van der Waals surface area contributed by atoms with Gasteiger partial charge < -0.3 is 10.6 Å². The van der Waals surface area contributed by atoms with Gasteiger partial charge in [0.15, 0.2) is 0 Å². The summed E-state index contributed by atoms with van der Waals surface area (Å²) in [5, 5.41) is 0. The largest absolute Gasteiger partial charge is 0.355 e. The normalized spacial score (nSPS) is 12.2. The first-order valence-electron chi connectivity index (χ1n) is 5.99. The summed E-state index contributed by atoms with van der Waals surface area (Å²) in [6.45, 7) is 2.74. The smallest absolute Gasteiger partial charge is 0.133 e. The molecule has 4 heteroatoms. The highest BCUT2D eigenvalue weighted by molar-refractivity contribution is 5.47. The highest BCUT2D eigenvalue weighted by atomic mass is 15.2. The van der Waals surface area contributed by atoms with Crippen LogP contribution in [-0.4, -0.2) is 17.0 Å². The van der Waals surface area contributed by atoms with Crippen LogP contribution < -0.4 is 10.6 Å². The maximum Gasteiger partial charge on any atom is 0.133 e. The van der Waals surface area contributed by atoms with Gasteiger partial charge in [0.25, 0.3) is 0 Å². The van der Waals surface area contributed by atoms with Crippen molar-refractivity contribution in [3.05, 3.63) is 54.0 Å². The summed E-state index contributed by atoms with van der Waals surface area (Å²) in [6.07, 6.45) is 5.43. The number of nitrogens with two attached hydrogens (primary N) is 1. The van der Waals surface area contributed by atoms with Crippen LogP contribution in [0, 0.1) is 0 Å². The third kappa shape index (κ3) is 2.84. The highest BCUT2D eigenvalue weighted by Crippen LogP contribution is 2.22. The van der Waals surface area contributed by atoms with E-state index in [1.807, 2.05) is 38.4 Å². The van der Waals surface area contributed by atoms with Crippen molar-refractivity contribution in [1.82, 2.24) is 9.97 Å². The van der Waals surface area contributed by atoms with Crippen LogP contribution in [0.25, 0.3) is 0 Å². The van der Waals surface area contributed by atoms with E-state index in [1.54, 1.807) is 12.4 Å². The number of hydrogen-bond donors (Lipinski definition) is 1. The molecule has 4 nitrogen and oxygen atoms in total. The number of aromatic nitrogens is 2. The van der Waals surface area contributed by atoms with E-state index in [9.17, 15) is 0 Å². The van der Waals surface area contributed by atoms with Gasteiger partial charge in [-0.3, -0.25) is 4.98 Å². The molecule has 2 aromatic rings. The van der Waals surface area contributed by atoms with Crippen molar-refractivity contribution in [3.8, 4) is 0 Å². The fraction of sp³-hybridized carbons (Fsp3) is 0.286. The third-order valence-corrected chi connectivity index (χ3v) is 2.81. The number of anilines is 1. The molecule has 0 bridgehead atoms. The minimum atomic E-state index is -0.0231. The van der Waals surface area contributed by atoms with Crippen molar-refractivity contribution in [2.75, 3.05) is 11.9 Å². The van der Waals surface area contributed by atoms with Crippen LogP contribution in [0.2, 0.25) is 0 Å². The van der Waals surface area contributed by atoms with Crippen molar-refractivity contribution < 1.29 is 0 Å². The van der Waals surface area contributed by atoms with Gasteiger partial charge in [0.1, 0.15) is 5.82 Å². The van der Waals surface area contributed by atoms with Gasteiger partial charge in [0, 0.05) is 43.8 Å². The third-order valence-electron chi connectivity index (χ3n) is 2.81. The molecule has 2 rings (SSSR count). The lowest BCUT2D eigenvalue weighted by Gasteiger charge is -2.22. The van der Waals surface area contributed by atoms with Gasteiger partial charge in [-0.2, -0.15) is 0 Å². The van der Waals surface area contributed by atoms with E-state index < -0.39 is 0 Å². The Morgan fingerprint density at radius 3 is 2.72 bits per heavy atom. The van der Waals surface area contributed by atoms with Crippen LogP contribution in [0.1, 0.15) is 24.1 Å². The predicted molar refractivity (Wildman–Crippen MR) is 73.2 cm³/mol. The fourth-order valence-electron chi connectivity index (χ4n) is 1.92. The van der Waals surface area contributed by atoms with E-state index in [4.69, 9.17) is 5.73 Å². The summed E-state index contributed by atoms with van der Waals surface area (Å²) in [5.74, 6) is 0.927. The first kappa shape index (κ1) is 12.5. The summed E-state index contributed by atoms with van der Waals surface area (Å²) in [6, 6.07) is 7.91. The molecule has 2 heterocycles. The molecule has 0 radical (unpaired) electrons. The molecule has 0 aliphatic heterocycles. The summed E-state index contributed by atoms with van der Waals surface area (Å²) in [4.78, 5) is 10.6. The Bertz CT molecular complexity index is 496. The van der Waals surface area contributed by atoms with E-state index in [0.717, 1.165) is 23.5 Å². The molecule has 0 aromatic carbocycles. The number of rotatable bonds is 4. The molecule has 0 aliphatic carbocycles. The lowest BCUT2D eigenvalue weighted by Crippen LogP contribution is -2.21. The maximum atomic E-state index is 5.97. The van der Waals surface area contributed by atoms with Gasteiger partial charge in [-0.1, -0.05) is 12.1 Å². The van der Waals surface area contributed by atoms with Gasteiger partial charge in [-0.25, -0.2) is 4.98 Å². The van der Waals surface area contributed by atoms with Crippen molar-refractivity contribution >= 4 is 5.82 Å². The molecule has 0 amide bonds. The van der Waals surface area contributed by atoms with E-state index in [-0.39, 0.29) is 6.04 Å². The Hall–Kier alpha value is -1.94. The average Bonchev–Trinajstić information content (AvgIpc) is 2.40. The maximum absolute atomic E-state index is 5.97. The Morgan fingerprint density at radius 2 is 2.06 bits per heavy atom. The van der Waals surface area contributed by atoms with Gasteiger partial charge in [-0.05, 0) is 24.6 Å².